The highest BCUT2D eigenvalue weighted by atomic mass is 32.2. The Balaban J connectivity index is 1.49. The molecular weight excluding hydrogens is 392 g/mol. The first-order chi connectivity index (χ1) is 14.5. The van der Waals surface area contributed by atoms with Gasteiger partial charge in [0.25, 0.3) is 0 Å². The number of thioether (sulfide) groups is 1. The molecule has 30 heavy (non-hydrogen) atoms. The van der Waals surface area contributed by atoms with E-state index >= 15 is 0 Å². The van der Waals surface area contributed by atoms with Gasteiger partial charge in [-0.3, -0.25) is 14.5 Å². The molecule has 3 aromatic carbocycles. The van der Waals surface area contributed by atoms with Crippen LogP contribution in [0.2, 0.25) is 0 Å². The number of aryl methyl sites for hydroxylation is 2. The van der Waals surface area contributed by atoms with E-state index in [4.69, 9.17) is 0 Å². The predicted molar refractivity (Wildman–Crippen MR) is 124 cm³/mol. The van der Waals surface area contributed by atoms with Crippen molar-refractivity contribution in [1.29, 1.82) is 0 Å². The van der Waals surface area contributed by atoms with Crippen molar-refractivity contribution in [3.8, 4) is 0 Å². The van der Waals surface area contributed by atoms with Crippen LogP contribution in [0.1, 0.15) is 27.6 Å². The van der Waals surface area contributed by atoms with Crippen LogP contribution < -0.4 is 10.2 Å². The van der Waals surface area contributed by atoms with Crippen LogP contribution in [0.25, 0.3) is 0 Å². The fraction of sp³-hybridized carbons (Fsp3) is 0.200. The molecule has 4 rings (SSSR count). The lowest BCUT2D eigenvalue weighted by molar-refractivity contribution is -0.116. The molecule has 1 saturated heterocycles. The number of hydrogen-bond donors (Lipinski definition) is 1. The molecule has 1 fully saturated rings. The van der Waals surface area contributed by atoms with Gasteiger partial charge in [-0.25, -0.2) is 0 Å². The van der Waals surface area contributed by atoms with Crippen LogP contribution >= 0.6 is 11.8 Å². The average Bonchev–Trinajstić information content (AvgIpc) is 3.10. The largest absolute Gasteiger partial charge is 0.326 e. The molecule has 1 aliphatic rings. The molecule has 2 amide bonds. The maximum atomic E-state index is 12.6. The average molecular weight is 417 g/mol. The Bertz CT molecular complexity index is 1060. The summed E-state index contributed by atoms with van der Waals surface area (Å²) in [6.45, 7) is 4.10. The molecular formula is C25H24N2O2S. The first kappa shape index (κ1) is 20.2. The number of carbonyl (C=O) groups is 2. The lowest BCUT2D eigenvalue weighted by Gasteiger charge is -2.26. The summed E-state index contributed by atoms with van der Waals surface area (Å²) in [5, 5.41) is 2.89. The van der Waals surface area contributed by atoms with E-state index in [2.05, 4.69) is 18.3 Å². The second-order valence-electron chi connectivity index (χ2n) is 7.55. The second-order valence-corrected chi connectivity index (χ2v) is 8.62. The maximum Gasteiger partial charge on any atom is 0.238 e. The van der Waals surface area contributed by atoms with E-state index in [-0.39, 0.29) is 17.2 Å². The third-order valence-corrected chi connectivity index (χ3v) is 6.38. The molecule has 152 valence electrons. The zero-order valence-electron chi connectivity index (χ0n) is 17.1. The Morgan fingerprint density at radius 2 is 1.77 bits per heavy atom. The third kappa shape index (κ3) is 4.41. The van der Waals surface area contributed by atoms with Gasteiger partial charge in [0.15, 0.2) is 0 Å². The Kier molecular flexibility index (Phi) is 5.91. The molecule has 0 aromatic heterocycles. The van der Waals surface area contributed by atoms with E-state index in [1.807, 2.05) is 78.6 Å². The topological polar surface area (TPSA) is 49.4 Å². The number of hydrogen-bond acceptors (Lipinski definition) is 3. The molecule has 1 atom stereocenters. The summed E-state index contributed by atoms with van der Waals surface area (Å²) in [5.41, 5.74) is 6.03. The minimum Gasteiger partial charge on any atom is -0.326 e. The van der Waals surface area contributed by atoms with Gasteiger partial charge in [-0.05, 0) is 48.7 Å². The predicted octanol–water partition coefficient (Wildman–Crippen LogP) is 5.26. The normalized spacial score (nSPS) is 16.0. The van der Waals surface area contributed by atoms with Crippen molar-refractivity contribution in [2.24, 2.45) is 0 Å². The van der Waals surface area contributed by atoms with Crippen molar-refractivity contribution < 1.29 is 9.59 Å². The highest BCUT2D eigenvalue weighted by molar-refractivity contribution is 8.00. The standard InChI is InChI=1S/C25H24N2O2S/c1-17-8-13-22(18(2)14-17)27-24(29)16-30-25(27)20-9-11-21(12-10-20)26-23(28)15-19-6-4-3-5-7-19/h3-14,25H,15-16H2,1-2H3,(H,26,28)/t25-/m0/s1. The molecule has 0 unspecified atom stereocenters. The van der Waals surface area contributed by atoms with Crippen LogP contribution in [-0.4, -0.2) is 17.6 Å². The van der Waals surface area contributed by atoms with E-state index in [0.29, 0.717) is 12.2 Å². The van der Waals surface area contributed by atoms with E-state index in [9.17, 15) is 9.59 Å². The summed E-state index contributed by atoms with van der Waals surface area (Å²) in [7, 11) is 0. The summed E-state index contributed by atoms with van der Waals surface area (Å²) < 4.78 is 0. The van der Waals surface area contributed by atoms with Crippen molar-refractivity contribution in [2.45, 2.75) is 25.6 Å². The van der Waals surface area contributed by atoms with Gasteiger partial charge < -0.3 is 5.32 Å². The van der Waals surface area contributed by atoms with Gasteiger partial charge in [-0.15, -0.1) is 11.8 Å². The highest BCUT2D eigenvalue weighted by Gasteiger charge is 2.34. The summed E-state index contributed by atoms with van der Waals surface area (Å²) in [6, 6.07) is 23.7. The zero-order chi connectivity index (χ0) is 21.1. The van der Waals surface area contributed by atoms with Crippen molar-refractivity contribution in [3.05, 3.63) is 95.1 Å². The van der Waals surface area contributed by atoms with E-state index in [0.717, 1.165) is 28.1 Å². The summed E-state index contributed by atoms with van der Waals surface area (Å²) in [6.07, 6.45) is 0.343. The van der Waals surface area contributed by atoms with Crippen LogP contribution in [-0.2, 0) is 16.0 Å². The zero-order valence-corrected chi connectivity index (χ0v) is 17.9. The number of anilines is 2. The van der Waals surface area contributed by atoms with Crippen molar-refractivity contribution in [3.63, 3.8) is 0 Å². The van der Waals surface area contributed by atoms with Crippen LogP contribution in [0, 0.1) is 13.8 Å². The quantitative estimate of drug-likeness (QED) is 0.617. The number of nitrogens with one attached hydrogen (secondary N) is 1. The molecule has 0 bridgehead atoms. The Morgan fingerprint density at radius 1 is 1.03 bits per heavy atom. The van der Waals surface area contributed by atoms with Gasteiger partial charge in [0.1, 0.15) is 5.37 Å². The fourth-order valence-corrected chi connectivity index (χ4v) is 4.89. The first-order valence-electron chi connectivity index (χ1n) is 9.96. The van der Waals surface area contributed by atoms with Crippen LogP contribution in [0.5, 0.6) is 0 Å². The van der Waals surface area contributed by atoms with E-state index in [1.165, 1.54) is 5.56 Å². The molecule has 5 heteroatoms. The molecule has 1 N–H and O–H groups in total. The van der Waals surface area contributed by atoms with Crippen LogP contribution in [0.4, 0.5) is 11.4 Å². The number of rotatable bonds is 5. The fourth-order valence-electron chi connectivity index (χ4n) is 3.72. The van der Waals surface area contributed by atoms with Crippen LogP contribution in [0.3, 0.4) is 0 Å². The lowest BCUT2D eigenvalue weighted by atomic mass is 10.1. The molecule has 0 spiro atoms. The molecule has 4 nitrogen and oxygen atoms in total. The molecule has 0 saturated carbocycles. The van der Waals surface area contributed by atoms with Crippen molar-refractivity contribution in [1.82, 2.24) is 0 Å². The van der Waals surface area contributed by atoms with Gasteiger partial charge in [-0.1, -0.05) is 60.2 Å². The summed E-state index contributed by atoms with van der Waals surface area (Å²) in [5.74, 6) is 0.543. The molecule has 1 heterocycles. The van der Waals surface area contributed by atoms with Crippen molar-refractivity contribution >= 4 is 35.0 Å². The van der Waals surface area contributed by atoms with Gasteiger partial charge in [0.2, 0.25) is 11.8 Å². The summed E-state index contributed by atoms with van der Waals surface area (Å²) >= 11 is 1.63. The number of benzene rings is 3. The lowest BCUT2D eigenvalue weighted by Crippen LogP contribution is -2.28. The summed E-state index contributed by atoms with van der Waals surface area (Å²) in [4.78, 5) is 26.8. The van der Waals surface area contributed by atoms with Gasteiger partial charge in [0, 0.05) is 11.4 Å². The maximum absolute atomic E-state index is 12.6. The van der Waals surface area contributed by atoms with E-state index in [1.54, 1.807) is 11.8 Å². The van der Waals surface area contributed by atoms with E-state index < -0.39 is 0 Å². The Hall–Kier alpha value is -3.05. The molecule has 0 radical (unpaired) electrons. The smallest absolute Gasteiger partial charge is 0.238 e. The van der Waals surface area contributed by atoms with Crippen LogP contribution in [0.15, 0.2) is 72.8 Å². The third-order valence-electron chi connectivity index (χ3n) is 5.17. The number of carbonyl (C=O) groups excluding carboxylic acids is 2. The monoisotopic (exact) mass is 416 g/mol. The Morgan fingerprint density at radius 3 is 2.47 bits per heavy atom. The molecule has 3 aromatic rings. The Labute approximate surface area is 181 Å². The second kappa shape index (κ2) is 8.76. The first-order valence-corrected chi connectivity index (χ1v) is 11.0. The van der Waals surface area contributed by atoms with Gasteiger partial charge in [-0.2, -0.15) is 0 Å². The number of nitrogens with zero attached hydrogens (tertiary/aromatic N) is 1. The number of amides is 2. The molecule has 1 aliphatic heterocycles. The molecule has 0 aliphatic carbocycles. The minimum absolute atomic E-state index is 0.0451. The van der Waals surface area contributed by atoms with Gasteiger partial charge in [0.05, 0.1) is 12.2 Å². The SMILES string of the molecule is Cc1ccc(N2C(=O)CS[C@H]2c2ccc(NC(=O)Cc3ccccc3)cc2)c(C)c1. The highest BCUT2D eigenvalue weighted by Crippen LogP contribution is 2.43. The van der Waals surface area contributed by atoms with Gasteiger partial charge >= 0.3 is 0 Å². The minimum atomic E-state index is -0.0621. The van der Waals surface area contributed by atoms with Crippen molar-refractivity contribution in [2.75, 3.05) is 16.0 Å².